The van der Waals surface area contributed by atoms with E-state index in [9.17, 15) is 15.2 Å². The molecule has 1 N–H and O–H groups in total. The predicted molar refractivity (Wildman–Crippen MR) is 99.9 cm³/mol. The summed E-state index contributed by atoms with van der Waals surface area (Å²) in [7, 11) is 0. The topological polar surface area (TPSA) is 81.2 Å². The van der Waals surface area contributed by atoms with Gasteiger partial charge in [0.1, 0.15) is 11.9 Å². The molecule has 6 heteroatoms. The number of phenolic OH excluding ortho intramolecular Hbond substituents is 1. The Balaban J connectivity index is 0.000000257. The van der Waals surface area contributed by atoms with E-state index in [0.717, 1.165) is 12.0 Å². The monoisotopic (exact) mass is 347 g/mol. The summed E-state index contributed by atoms with van der Waals surface area (Å²) in [5, 5.41) is 20.1. The summed E-state index contributed by atoms with van der Waals surface area (Å²) in [6.45, 7) is 12.9. The second-order valence-electron chi connectivity index (χ2n) is 7.52. The Kier molecular flexibility index (Phi) is 7.15. The zero-order valence-electron chi connectivity index (χ0n) is 16.0. The largest absolute Gasteiger partial charge is 0.508 e. The minimum atomic E-state index is -0.389. The molecule has 0 aliphatic heterocycles. The summed E-state index contributed by atoms with van der Waals surface area (Å²) in [5.74, 6) is 1.72. The van der Waals surface area contributed by atoms with E-state index in [2.05, 4.69) is 39.6 Å². The van der Waals surface area contributed by atoms with Crippen molar-refractivity contribution < 1.29 is 10.0 Å². The zero-order chi connectivity index (χ0) is 19.2. The summed E-state index contributed by atoms with van der Waals surface area (Å²) in [5.41, 5.74) is 1.03. The molecule has 0 bridgehead atoms. The Bertz CT molecular complexity index is 700. The Morgan fingerprint density at radius 3 is 2.32 bits per heavy atom. The first-order valence-electron chi connectivity index (χ1n) is 8.49. The lowest BCUT2D eigenvalue weighted by Crippen LogP contribution is -2.10. The van der Waals surface area contributed by atoms with E-state index in [0.29, 0.717) is 24.0 Å². The lowest BCUT2D eigenvalue weighted by molar-refractivity contribution is -0.392. The zero-order valence-corrected chi connectivity index (χ0v) is 16.0. The summed E-state index contributed by atoms with van der Waals surface area (Å²) >= 11 is 0. The number of imidazole rings is 1. The highest BCUT2D eigenvalue weighted by Crippen LogP contribution is 2.29. The van der Waals surface area contributed by atoms with Crippen molar-refractivity contribution >= 4 is 5.82 Å². The predicted octanol–water partition coefficient (Wildman–Crippen LogP) is 4.84. The van der Waals surface area contributed by atoms with Gasteiger partial charge in [-0.1, -0.05) is 52.8 Å². The molecule has 2 aromatic rings. The summed E-state index contributed by atoms with van der Waals surface area (Å²) in [6.07, 6.45) is 2.24. The molecule has 1 aromatic carbocycles. The van der Waals surface area contributed by atoms with Gasteiger partial charge in [0.2, 0.25) is 0 Å². The molecule has 0 atom stereocenters. The molecule has 1 heterocycles. The highest BCUT2D eigenvalue weighted by molar-refractivity contribution is 5.36. The molecular weight excluding hydrogens is 318 g/mol. The van der Waals surface area contributed by atoms with Crippen LogP contribution in [-0.4, -0.2) is 19.6 Å². The number of hydrogen-bond donors (Lipinski definition) is 1. The lowest BCUT2D eigenvalue weighted by atomic mass is 9.86. The number of nitrogens with zero attached hydrogens (tertiary/aromatic N) is 3. The van der Waals surface area contributed by atoms with Gasteiger partial charge in [-0.2, -0.15) is 0 Å². The number of nitro groups is 1. The first kappa shape index (κ1) is 20.7. The maximum atomic E-state index is 10.6. The van der Waals surface area contributed by atoms with Crippen LogP contribution in [0.25, 0.3) is 0 Å². The molecule has 0 radical (unpaired) electrons. The number of benzene rings is 1. The average molecular weight is 347 g/mol. The number of phenols is 1. The van der Waals surface area contributed by atoms with Crippen LogP contribution in [0.2, 0.25) is 0 Å². The number of aryl methyl sites for hydroxylation is 1. The van der Waals surface area contributed by atoms with Crippen molar-refractivity contribution in [2.24, 2.45) is 5.92 Å². The Hall–Kier alpha value is -2.37. The third kappa shape index (κ3) is 6.21. The summed E-state index contributed by atoms with van der Waals surface area (Å²) < 4.78 is 1.65. The van der Waals surface area contributed by atoms with Gasteiger partial charge >= 0.3 is 5.82 Å². The van der Waals surface area contributed by atoms with Gasteiger partial charge in [-0.05, 0) is 34.3 Å². The van der Waals surface area contributed by atoms with Crippen LogP contribution in [0.5, 0.6) is 5.75 Å². The molecule has 0 aliphatic carbocycles. The molecular formula is C19H29N3O3. The fourth-order valence-corrected chi connectivity index (χ4v) is 2.37. The third-order valence-corrected chi connectivity index (χ3v) is 3.86. The van der Waals surface area contributed by atoms with E-state index in [4.69, 9.17) is 0 Å². The standard InChI is InChI=1S/C10H14O.C9H15N3O2/c1-10(2,3)8-6-4-5-7-9(8)11;1-7(2)4-5-11-8(3)10-6-9(11)12(13)14/h4-7,11H,1-3H3;6-7H,4-5H2,1-3H3. The van der Waals surface area contributed by atoms with Crippen molar-refractivity contribution in [3.63, 3.8) is 0 Å². The fraction of sp³-hybridized carbons (Fsp3) is 0.526. The number of aromatic nitrogens is 2. The summed E-state index contributed by atoms with van der Waals surface area (Å²) in [4.78, 5) is 14.2. The normalized spacial score (nSPS) is 11.2. The van der Waals surface area contributed by atoms with Crippen LogP contribution in [0, 0.1) is 23.0 Å². The van der Waals surface area contributed by atoms with E-state index in [1.165, 1.54) is 6.20 Å². The Morgan fingerprint density at radius 1 is 1.28 bits per heavy atom. The van der Waals surface area contributed by atoms with E-state index in [1.54, 1.807) is 17.6 Å². The van der Waals surface area contributed by atoms with Crippen molar-refractivity contribution in [2.75, 3.05) is 0 Å². The third-order valence-electron chi connectivity index (χ3n) is 3.86. The molecule has 0 fully saturated rings. The van der Waals surface area contributed by atoms with Crippen LogP contribution in [-0.2, 0) is 12.0 Å². The molecule has 0 saturated carbocycles. The van der Waals surface area contributed by atoms with Gasteiger partial charge in [-0.15, -0.1) is 0 Å². The molecule has 25 heavy (non-hydrogen) atoms. The van der Waals surface area contributed by atoms with E-state index in [-0.39, 0.29) is 16.2 Å². The van der Waals surface area contributed by atoms with Crippen molar-refractivity contribution in [1.29, 1.82) is 0 Å². The van der Waals surface area contributed by atoms with E-state index in [1.807, 2.05) is 18.2 Å². The quantitative estimate of drug-likeness (QED) is 0.634. The van der Waals surface area contributed by atoms with Crippen molar-refractivity contribution in [3.8, 4) is 5.75 Å². The molecule has 0 aliphatic rings. The second kappa shape index (κ2) is 8.65. The van der Waals surface area contributed by atoms with Gasteiger partial charge < -0.3 is 15.2 Å². The summed E-state index contributed by atoms with van der Waals surface area (Å²) in [6, 6.07) is 7.46. The molecule has 1 aromatic heterocycles. The molecule has 138 valence electrons. The van der Waals surface area contributed by atoms with Crippen molar-refractivity contribution in [2.45, 2.75) is 59.9 Å². The van der Waals surface area contributed by atoms with Crippen molar-refractivity contribution in [1.82, 2.24) is 9.55 Å². The molecule has 0 amide bonds. The second-order valence-corrected chi connectivity index (χ2v) is 7.52. The van der Waals surface area contributed by atoms with E-state index >= 15 is 0 Å². The highest BCUT2D eigenvalue weighted by Gasteiger charge is 2.17. The number of para-hydroxylation sites is 1. The highest BCUT2D eigenvalue weighted by atomic mass is 16.6. The number of rotatable bonds is 4. The van der Waals surface area contributed by atoms with E-state index < -0.39 is 0 Å². The van der Waals surface area contributed by atoms with Gasteiger partial charge in [-0.25, -0.2) is 9.55 Å². The average Bonchev–Trinajstić information content (AvgIpc) is 2.86. The van der Waals surface area contributed by atoms with Crippen LogP contribution in [0.15, 0.2) is 30.5 Å². The van der Waals surface area contributed by atoms with Gasteiger partial charge in [-0.3, -0.25) is 0 Å². The van der Waals surface area contributed by atoms with Crippen LogP contribution in [0.4, 0.5) is 5.82 Å². The van der Waals surface area contributed by atoms with Gasteiger partial charge in [0, 0.05) is 6.92 Å². The Morgan fingerprint density at radius 2 is 1.88 bits per heavy atom. The van der Waals surface area contributed by atoms with Crippen LogP contribution in [0.3, 0.4) is 0 Å². The number of aromatic hydroxyl groups is 1. The molecule has 2 rings (SSSR count). The van der Waals surface area contributed by atoms with Crippen LogP contribution >= 0.6 is 0 Å². The molecule has 0 saturated heterocycles. The van der Waals surface area contributed by atoms with Gasteiger partial charge in [0.15, 0.2) is 5.82 Å². The first-order chi connectivity index (χ1) is 11.5. The smallest absolute Gasteiger partial charge is 0.342 e. The maximum Gasteiger partial charge on any atom is 0.342 e. The minimum absolute atomic E-state index is 0.0331. The van der Waals surface area contributed by atoms with Crippen LogP contribution in [0.1, 0.15) is 52.4 Å². The van der Waals surface area contributed by atoms with Crippen molar-refractivity contribution in [3.05, 3.63) is 52.0 Å². The first-order valence-corrected chi connectivity index (χ1v) is 8.49. The lowest BCUT2D eigenvalue weighted by Gasteiger charge is -2.19. The fourth-order valence-electron chi connectivity index (χ4n) is 2.37. The van der Waals surface area contributed by atoms with Gasteiger partial charge in [0.25, 0.3) is 0 Å². The van der Waals surface area contributed by atoms with Crippen LogP contribution < -0.4 is 0 Å². The molecule has 0 spiro atoms. The Labute approximate surface area is 149 Å². The SMILES string of the molecule is CC(C)(C)c1ccccc1O.Cc1ncc([N+](=O)[O-])n1CCC(C)C. The number of hydrogen-bond acceptors (Lipinski definition) is 4. The molecule has 6 nitrogen and oxygen atoms in total. The maximum absolute atomic E-state index is 10.6. The minimum Gasteiger partial charge on any atom is -0.508 e. The molecule has 0 unspecified atom stereocenters. The van der Waals surface area contributed by atoms with Gasteiger partial charge in [0.05, 0.1) is 6.54 Å².